The zero-order valence-corrected chi connectivity index (χ0v) is 15.7. The molecule has 0 spiro atoms. The minimum absolute atomic E-state index is 0.137. The summed E-state index contributed by atoms with van der Waals surface area (Å²) in [5, 5.41) is 8.01. The fourth-order valence-corrected chi connectivity index (χ4v) is 3.43. The number of nitrogens with one attached hydrogen (secondary N) is 2. The van der Waals surface area contributed by atoms with E-state index in [9.17, 15) is 9.18 Å². The highest BCUT2D eigenvalue weighted by molar-refractivity contribution is 7.99. The van der Waals surface area contributed by atoms with Crippen LogP contribution in [0.5, 0.6) is 0 Å². The topological polar surface area (TPSA) is 87.3 Å². The van der Waals surface area contributed by atoms with Crippen molar-refractivity contribution in [3.05, 3.63) is 81.9 Å². The van der Waals surface area contributed by atoms with Crippen LogP contribution >= 0.6 is 11.8 Å². The van der Waals surface area contributed by atoms with Gasteiger partial charge >= 0.3 is 0 Å². The molecule has 0 fully saturated rings. The fraction of sp³-hybridized carbons (Fsp3) is 0.100. The molecule has 1 atom stereocenters. The van der Waals surface area contributed by atoms with Crippen LogP contribution < -0.4 is 5.56 Å². The summed E-state index contributed by atoms with van der Waals surface area (Å²) in [6, 6.07) is 13.4. The Hall–Kier alpha value is -3.26. The molecule has 2 aromatic heterocycles. The molecule has 4 aromatic rings. The van der Waals surface area contributed by atoms with E-state index in [-0.39, 0.29) is 16.6 Å². The van der Waals surface area contributed by atoms with Gasteiger partial charge in [0.05, 0.1) is 16.2 Å². The summed E-state index contributed by atoms with van der Waals surface area (Å²) in [4.78, 5) is 24.0. The molecule has 0 amide bonds. The molecule has 4 rings (SSSR count). The molecule has 2 heterocycles. The van der Waals surface area contributed by atoms with E-state index in [1.54, 1.807) is 24.3 Å². The number of para-hydroxylation sites is 1. The van der Waals surface area contributed by atoms with Crippen molar-refractivity contribution >= 4 is 34.8 Å². The van der Waals surface area contributed by atoms with Gasteiger partial charge in [0.25, 0.3) is 5.56 Å². The highest BCUT2D eigenvalue weighted by Gasteiger charge is 2.14. The van der Waals surface area contributed by atoms with E-state index in [4.69, 9.17) is 0 Å². The number of rotatable bonds is 5. The molecule has 6 nitrogen and oxygen atoms in total. The Morgan fingerprint density at radius 1 is 1.07 bits per heavy atom. The third kappa shape index (κ3) is 4.01. The van der Waals surface area contributed by atoms with Crippen LogP contribution in [0.3, 0.4) is 0 Å². The molecule has 0 saturated carbocycles. The van der Waals surface area contributed by atoms with Crippen molar-refractivity contribution in [1.82, 2.24) is 25.1 Å². The third-order valence-electron chi connectivity index (χ3n) is 4.08. The van der Waals surface area contributed by atoms with Gasteiger partial charge in [0.2, 0.25) is 5.16 Å². The van der Waals surface area contributed by atoms with Crippen molar-refractivity contribution in [2.45, 2.75) is 17.3 Å². The molecule has 1 unspecified atom stereocenters. The molecule has 140 valence electrons. The summed E-state index contributed by atoms with van der Waals surface area (Å²) >= 11 is 1.39. The predicted octanol–water partition coefficient (Wildman–Crippen LogP) is 4.20. The van der Waals surface area contributed by atoms with E-state index in [0.29, 0.717) is 27.7 Å². The number of hydrogen-bond donors (Lipinski definition) is 2. The first-order valence-corrected chi connectivity index (χ1v) is 9.48. The first-order chi connectivity index (χ1) is 13.6. The van der Waals surface area contributed by atoms with Gasteiger partial charge in [-0.05, 0) is 42.8 Å². The van der Waals surface area contributed by atoms with Gasteiger partial charge in [-0.25, -0.2) is 14.4 Å². The van der Waals surface area contributed by atoms with Gasteiger partial charge in [-0.15, -0.1) is 5.10 Å². The van der Waals surface area contributed by atoms with Gasteiger partial charge in [-0.1, -0.05) is 42.1 Å². The van der Waals surface area contributed by atoms with Crippen molar-refractivity contribution in [3.63, 3.8) is 0 Å². The molecular formula is C20H16FN5OS. The van der Waals surface area contributed by atoms with Crippen molar-refractivity contribution in [2.75, 3.05) is 0 Å². The second kappa shape index (κ2) is 7.77. The molecular weight excluding hydrogens is 377 g/mol. The average molecular weight is 393 g/mol. The number of fused-ring (bicyclic) bond motifs is 1. The molecule has 0 aliphatic heterocycles. The Kier molecular flexibility index (Phi) is 5.03. The molecule has 2 aromatic carbocycles. The zero-order chi connectivity index (χ0) is 19.5. The number of hydrogen-bond acceptors (Lipinski definition) is 5. The predicted molar refractivity (Wildman–Crippen MR) is 108 cm³/mol. The molecule has 0 bridgehead atoms. The summed E-state index contributed by atoms with van der Waals surface area (Å²) in [5.74, 6) is 0.880. The maximum absolute atomic E-state index is 12.9. The van der Waals surface area contributed by atoms with Crippen LogP contribution in [-0.4, -0.2) is 25.1 Å². The lowest BCUT2D eigenvalue weighted by Crippen LogP contribution is -2.12. The lowest BCUT2D eigenvalue weighted by atomic mass is 10.2. The van der Waals surface area contributed by atoms with E-state index in [0.717, 1.165) is 5.56 Å². The zero-order valence-electron chi connectivity index (χ0n) is 14.9. The van der Waals surface area contributed by atoms with Crippen molar-refractivity contribution < 1.29 is 4.39 Å². The summed E-state index contributed by atoms with van der Waals surface area (Å²) in [7, 11) is 0. The summed E-state index contributed by atoms with van der Waals surface area (Å²) in [6.07, 6.45) is 3.59. The Morgan fingerprint density at radius 3 is 2.68 bits per heavy atom. The minimum atomic E-state index is -0.273. The maximum atomic E-state index is 12.9. The number of aromatic amines is 2. The lowest BCUT2D eigenvalue weighted by molar-refractivity contribution is 0.628. The summed E-state index contributed by atoms with van der Waals surface area (Å²) < 4.78 is 12.9. The molecule has 0 saturated heterocycles. The van der Waals surface area contributed by atoms with Gasteiger partial charge in [0.1, 0.15) is 17.5 Å². The van der Waals surface area contributed by atoms with Crippen LogP contribution in [0.2, 0.25) is 0 Å². The molecule has 28 heavy (non-hydrogen) atoms. The van der Waals surface area contributed by atoms with Crippen LogP contribution in [0.1, 0.15) is 29.4 Å². The quantitative estimate of drug-likeness (QED) is 0.496. The number of thioether (sulfide) groups is 1. The Balaban J connectivity index is 1.49. The number of H-pyrrole nitrogens is 2. The standard InChI is InChI=1S/C20H16FN5OS/c1-12(18-22-16-5-3-2-4-15(16)19(27)24-18)28-20-23-17(25-26-20)11-8-13-6-9-14(21)10-7-13/h2-12H,1H3,(H,22,24,27)(H,23,25,26)/b11-8+. The van der Waals surface area contributed by atoms with Crippen LogP contribution in [0.25, 0.3) is 23.1 Å². The molecule has 0 aliphatic rings. The van der Waals surface area contributed by atoms with E-state index in [2.05, 4.69) is 25.1 Å². The third-order valence-corrected chi connectivity index (χ3v) is 5.05. The van der Waals surface area contributed by atoms with Crippen LogP contribution in [0.4, 0.5) is 4.39 Å². The van der Waals surface area contributed by atoms with Crippen molar-refractivity contribution in [1.29, 1.82) is 0 Å². The normalized spacial score (nSPS) is 12.6. The van der Waals surface area contributed by atoms with Crippen molar-refractivity contribution in [3.8, 4) is 0 Å². The second-order valence-electron chi connectivity index (χ2n) is 6.12. The Labute approximate surface area is 164 Å². The van der Waals surface area contributed by atoms with Gasteiger partial charge in [-0.2, -0.15) is 0 Å². The second-order valence-corrected chi connectivity index (χ2v) is 7.42. The van der Waals surface area contributed by atoms with E-state index >= 15 is 0 Å². The monoisotopic (exact) mass is 393 g/mol. The highest BCUT2D eigenvalue weighted by Crippen LogP contribution is 2.30. The SMILES string of the molecule is CC(Sc1n[nH]c(/C=C/c2ccc(F)cc2)n1)c1nc2ccccc2c(=O)[nH]1. The van der Waals surface area contributed by atoms with Gasteiger partial charge < -0.3 is 4.98 Å². The first kappa shape index (κ1) is 18.1. The Bertz CT molecular complexity index is 1200. The van der Waals surface area contributed by atoms with E-state index in [1.807, 2.05) is 31.2 Å². The maximum Gasteiger partial charge on any atom is 0.258 e. The van der Waals surface area contributed by atoms with Crippen molar-refractivity contribution in [2.24, 2.45) is 0 Å². The smallest absolute Gasteiger partial charge is 0.258 e. The summed E-state index contributed by atoms with van der Waals surface area (Å²) in [6.45, 7) is 1.93. The van der Waals surface area contributed by atoms with Gasteiger partial charge in [0.15, 0.2) is 0 Å². The van der Waals surface area contributed by atoms with Crippen LogP contribution in [0.15, 0.2) is 58.5 Å². The minimum Gasteiger partial charge on any atom is -0.309 e. The molecule has 8 heteroatoms. The van der Waals surface area contributed by atoms with E-state index in [1.165, 1.54) is 23.9 Å². The number of benzene rings is 2. The van der Waals surface area contributed by atoms with Crippen LogP contribution in [0, 0.1) is 5.82 Å². The number of nitrogens with zero attached hydrogens (tertiary/aromatic N) is 3. The van der Waals surface area contributed by atoms with Crippen LogP contribution in [-0.2, 0) is 0 Å². The fourth-order valence-electron chi connectivity index (χ4n) is 2.65. The van der Waals surface area contributed by atoms with E-state index < -0.39 is 0 Å². The molecule has 2 N–H and O–H groups in total. The average Bonchev–Trinajstić information content (AvgIpc) is 3.15. The number of halogens is 1. The highest BCUT2D eigenvalue weighted by atomic mass is 32.2. The Morgan fingerprint density at radius 2 is 1.86 bits per heavy atom. The largest absolute Gasteiger partial charge is 0.309 e. The number of aromatic nitrogens is 5. The molecule has 0 aliphatic carbocycles. The first-order valence-electron chi connectivity index (χ1n) is 8.60. The van der Waals surface area contributed by atoms with Gasteiger partial charge in [-0.3, -0.25) is 9.89 Å². The summed E-state index contributed by atoms with van der Waals surface area (Å²) in [5.41, 5.74) is 1.36. The molecule has 0 radical (unpaired) electrons. The van der Waals surface area contributed by atoms with Gasteiger partial charge in [0, 0.05) is 0 Å². The lowest BCUT2D eigenvalue weighted by Gasteiger charge is -2.08.